The minimum atomic E-state index is 0.785. The Bertz CT molecular complexity index is 242. The van der Waals surface area contributed by atoms with Gasteiger partial charge in [-0.3, -0.25) is 4.98 Å². The standard InChI is InChI=1S/C11H15NO/c1-2-4-10(3-1)9-13-11-5-7-12-8-6-11/h5-8,10H,1-4,9H2. The Morgan fingerprint density at radius 3 is 2.62 bits per heavy atom. The van der Waals surface area contributed by atoms with E-state index in [4.69, 9.17) is 4.74 Å². The molecule has 1 aliphatic rings. The second-order valence-corrected chi connectivity index (χ2v) is 3.64. The molecule has 0 bridgehead atoms. The summed E-state index contributed by atoms with van der Waals surface area (Å²) in [7, 11) is 0. The molecule has 0 radical (unpaired) electrons. The van der Waals surface area contributed by atoms with Crippen molar-refractivity contribution in [2.45, 2.75) is 25.7 Å². The largest absolute Gasteiger partial charge is 0.493 e. The predicted octanol–water partition coefficient (Wildman–Crippen LogP) is 2.65. The first-order chi connectivity index (χ1) is 6.45. The van der Waals surface area contributed by atoms with Gasteiger partial charge in [0, 0.05) is 12.4 Å². The van der Waals surface area contributed by atoms with E-state index in [-0.39, 0.29) is 0 Å². The van der Waals surface area contributed by atoms with Gasteiger partial charge < -0.3 is 4.74 Å². The lowest BCUT2D eigenvalue weighted by atomic mass is 10.1. The van der Waals surface area contributed by atoms with Crippen LogP contribution in [0.1, 0.15) is 25.7 Å². The quantitative estimate of drug-likeness (QED) is 0.708. The summed E-state index contributed by atoms with van der Waals surface area (Å²) in [6, 6.07) is 3.82. The van der Waals surface area contributed by atoms with Crippen LogP contribution in [0.3, 0.4) is 0 Å². The third kappa shape index (κ3) is 2.44. The number of pyridine rings is 1. The topological polar surface area (TPSA) is 22.1 Å². The first kappa shape index (κ1) is 8.54. The lowest BCUT2D eigenvalue weighted by molar-refractivity contribution is 0.252. The van der Waals surface area contributed by atoms with Crippen molar-refractivity contribution in [2.24, 2.45) is 5.92 Å². The third-order valence-electron chi connectivity index (χ3n) is 2.61. The fraction of sp³-hybridized carbons (Fsp3) is 0.545. The van der Waals surface area contributed by atoms with Gasteiger partial charge in [-0.05, 0) is 30.9 Å². The summed E-state index contributed by atoms with van der Waals surface area (Å²) in [5.74, 6) is 1.73. The Hall–Kier alpha value is -1.05. The zero-order valence-corrected chi connectivity index (χ0v) is 7.78. The second kappa shape index (κ2) is 4.26. The van der Waals surface area contributed by atoms with Gasteiger partial charge in [0.15, 0.2) is 0 Å². The number of hydrogen-bond acceptors (Lipinski definition) is 2. The van der Waals surface area contributed by atoms with Crippen molar-refractivity contribution in [3.8, 4) is 5.75 Å². The first-order valence-electron chi connectivity index (χ1n) is 4.98. The van der Waals surface area contributed by atoms with Crippen molar-refractivity contribution in [3.63, 3.8) is 0 Å². The van der Waals surface area contributed by atoms with Crippen molar-refractivity contribution in [2.75, 3.05) is 6.61 Å². The zero-order valence-electron chi connectivity index (χ0n) is 7.78. The van der Waals surface area contributed by atoms with E-state index >= 15 is 0 Å². The highest BCUT2D eigenvalue weighted by Crippen LogP contribution is 2.25. The van der Waals surface area contributed by atoms with Gasteiger partial charge >= 0.3 is 0 Å². The van der Waals surface area contributed by atoms with Gasteiger partial charge in [0.2, 0.25) is 0 Å². The summed E-state index contributed by atoms with van der Waals surface area (Å²) in [5.41, 5.74) is 0. The molecule has 2 rings (SSSR count). The van der Waals surface area contributed by atoms with Crippen LogP contribution in [-0.4, -0.2) is 11.6 Å². The highest BCUT2D eigenvalue weighted by molar-refractivity contribution is 5.16. The van der Waals surface area contributed by atoms with E-state index in [9.17, 15) is 0 Å². The molecule has 0 atom stereocenters. The van der Waals surface area contributed by atoms with E-state index in [1.807, 2.05) is 12.1 Å². The maximum absolute atomic E-state index is 5.65. The molecule has 0 aromatic carbocycles. The van der Waals surface area contributed by atoms with Crippen LogP contribution in [0.15, 0.2) is 24.5 Å². The van der Waals surface area contributed by atoms with E-state index in [2.05, 4.69) is 4.98 Å². The number of ether oxygens (including phenoxy) is 1. The smallest absolute Gasteiger partial charge is 0.122 e. The lowest BCUT2D eigenvalue weighted by Gasteiger charge is -2.10. The minimum absolute atomic E-state index is 0.785. The molecule has 0 amide bonds. The van der Waals surface area contributed by atoms with Gasteiger partial charge in [0.25, 0.3) is 0 Å². The summed E-state index contributed by atoms with van der Waals surface area (Å²) in [4.78, 5) is 3.95. The van der Waals surface area contributed by atoms with E-state index in [0.29, 0.717) is 0 Å². The fourth-order valence-corrected chi connectivity index (χ4v) is 1.83. The average molecular weight is 177 g/mol. The van der Waals surface area contributed by atoms with Gasteiger partial charge in [-0.2, -0.15) is 0 Å². The van der Waals surface area contributed by atoms with Gasteiger partial charge in [0.05, 0.1) is 6.61 Å². The molecule has 0 spiro atoms. The van der Waals surface area contributed by atoms with Crippen molar-refractivity contribution in [1.82, 2.24) is 4.98 Å². The van der Waals surface area contributed by atoms with Crippen molar-refractivity contribution in [1.29, 1.82) is 0 Å². The molecule has 2 nitrogen and oxygen atoms in total. The van der Waals surface area contributed by atoms with Crippen molar-refractivity contribution < 1.29 is 4.74 Å². The van der Waals surface area contributed by atoms with Crippen molar-refractivity contribution >= 4 is 0 Å². The molecule has 1 aromatic rings. The van der Waals surface area contributed by atoms with Crippen LogP contribution >= 0.6 is 0 Å². The van der Waals surface area contributed by atoms with Crippen LogP contribution in [0.2, 0.25) is 0 Å². The van der Waals surface area contributed by atoms with E-state index < -0.39 is 0 Å². The summed E-state index contributed by atoms with van der Waals surface area (Å²) < 4.78 is 5.65. The molecule has 1 aliphatic carbocycles. The zero-order chi connectivity index (χ0) is 8.93. The summed E-state index contributed by atoms with van der Waals surface area (Å²) in [6.45, 7) is 0.879. The Morgan fingerprint density at radius 1 is 1.23 bits per heavy atom. The van der Waals surface area contributed by atoms with Crippen LogP contribution < -0.4 is 4.74 Å². The van der Waals surface area contributed by atoms with Gasteiger partial charge in [-0.25, -0.2) is 0 Å². The summed E-state index contributed by atoms with van der Waals surface area (Å²) >= 11 is 0. The monoisotopic (exact) mass is 177 g/mol. The Labute approximate surface area is 78.9 Å². The fourth-order valence-electron chi connectivity index (χ4n) is 1.83. The lowest BCUT2D eigenvalue weighted by Crippen LogP contribution is -2.07. The average Bonchev–Trinajstić information content (AvgIpc) is 2.69. The SMILES string of the molecule is c1cc(OCC2CCCC2)ccn1. The molecule has 13 heavy (non-hydrogen) atoms. The second-order valence-electron chi connectivity index (χ2n) is 3.64. The third-order valence-corrected chi connectivity index (χ3v) is 2.61. The van der Waals surface area contributed by atoms with Gasteiger partial charge in [-0.1, -0.05) is 12.8 Å². The predicted molar refractivity (Wildman–Crippen MR) is 51.7 cm³/mol. The van der Waals surface area contributed by atoms with Crippen LogP contribution in [0.25, 0.3) is 0 Å². The summed E-state index contributed by atoms with van der Waals surface area (Å²) in [5, 5.41) is 0. The number of nitrogens with zero attached hydrogens (tertiary/aromatic N) is 1. The molecule has 0 unspecified atom stereocenters. The molecular weight excluding hydrogens is 162 g/mol. The molecule has 2 heteroatoms. The Morgan fingerprint density at radius 2 is 1.92 bits per heavy atom. The van der Waals surface area contributed by atoms with Crippen molar-refractivity contribution in [3.05, 3.63) is 24.5 Å². The molecule has 1 fully saturated rings. The van der Waals surface area contributed by atoms with Gasteiger partial charge in [0.1, 0.15) is 5.75 Å². The van der Waals surface area contributed by atoms with Crippen LogP contribution in [0.5, 0.6) is 5.75 Å². The molecule has 0 aliphatic heterocycles. The summed E-state index contributed by atoms with van der Waals surface area (Å²) in [6.07, 6.45) is 8.97. The highest BCUT2D eigenvalue weighted by atomic mass is 16.5. The molecule has 0 N–H and O–H groups in total. The number of aromatic nitrogens is 1. The minimum Gasteiger partial charge on any atom is -0.493 e. The maximum atomic E-state index is 5.65. The molecule has 0 saturated heterocycles. The molecule has 1 heterocycles. The number of rotatable bonds is 3. The molecular formula is C11H15NO. The van der Waals surface area contributed by atoms with E-state index in [1.165, 1.54) is 25.7 Å². The number of hydrogen-bond donors (Lipinski definition) is 0. The normalized spacial score (nSPS) is 17.5. The van der Waals surface area contributed by atoms with Gasteiger partial charge in [-0.15, -0.1) is 0 Å². The molecule has 1 saturated carbocycles. The molecule has 70 valence electrons. The van der Waals surface area contributed by atoms with E-state index in [1.54, 1.807) is 12.4 Å². The first-order valence-corrected chi connectivity index (χ1v) is 4.98. The van der Waals surface area contributed by atoms with Crippen LogP contribution in [-0.2, 0) is 0 Å². The maximum Gasteiger partial charge on any atom is 0.122 e. The van der Waals surface area contributed by atoms with E-state index in [0.717, 1.165) is 18.3 Å². The van der Waals surface area contributed by atoms with Crippen LogP contribution in [0, 0.1) is 5.92 Å². The molecule has 1 aromatic heterocycles. The highest BCUT2D eigenvalue weighted by Gasteiger charge is 2.15. The Balaban J connectivity index is 1.79. The van der Waals surface area contributed by atoms with Crippen LogP contribution in [0.4, 0.5) is 0 Å². The Kier molecular flexibility index (Phi) is 2.80.